The number of benzene rings is 2. The lowest BCUT2D eigenvalue weighted by Gasteiger charge is -2.27. The largest absolute Gasteiger partial charge is 0.454 e. The quantitative estimate of drug-likeness (QED) is 0.469. The van der Waals surface area contributed by atoms with Gasteiger partial charge in [0.2, 0.25) is 18.6 Å². The highest BCUT2D eigenvalue weighted by Gasteiger charge is 2.42. The number of aliphatic imine (C=N–C) groups is 2. The number of amidine groups is 2. The first-order valence-electron chi connectivity index (χ1n) is 14.3. The van der Waals surface area contributed by atoms with Gasteiger partial charge in [0.15, 0.2) is 16.7 Å². The molecule has 2 N–H and O–H groups in total. The number of carbonyl (C=O) groups is 3. The van der Waals surface area contributed by atoms with Crippen LogP contribution in [-0.2, 0) is 14.4 Å². The maximum absolute atomic E-state index is 13.7. The van der Waals surface area contributed by atoms with E-state index in [-0.39, 0.29) is 37.0 Å². The zero-order chi connectivity index (χ0) is 28.3. The van der Waals surface area contributed by atoms with Gasteiger partial charge in [0, 0.05) is 29.8 Å². The second-order valence-corrected chi connectivity index (χ2v) is 11.7. The fraction of sp³-hybridized carbons (Fsp3) is 0.433. The molecule has 0 unspecified atom stereocenters. The summed E-state index contributed by atoms with van der Waals surface area (Å²) in [6.45, 7) is 2.07. The number of fused-ring (bicyclic) bond motifs is 4. The SMILES string of the molecule is CC[C@H](SC1=Nc2ccccc2C2=N[C@H](CCC(=O)NC3CCCCC3)C(=O)N12)C(=O)Nc1ccc2c(c1)OCO2. The summed E-state index contributed by atoms with van der Waals surface area (Å²) in [6, 6.07) is 12.3. The summed E-state index contributed by atoms with van der Waals surface area (Å²) in [6.07, 6.45) is 6.59. The molecule has 0 aromatic heterocycles. The van der Waals surface area contributed by atoms with E-state index >= 15 is 0 Å². The molecule has 10 nitrogen and oxygen atoms in total. The maximum atomic E-state index is 13.7. The summed E-state index contributed by atoms with van der Waals surface area (Å²) in [5.74, 6) is 1.27. The number of rotatable bonds is 8. The number of thioether (sulfide) groups is 1. The van der Waals surface area contributed by atoms with Crippen molar-refractivity contribution in [2.45, 2.75) is 75.6 Å². The van der Waals surface area contributed by atoms with Gasteiger partial charge in [0.25, 0.3) is 5.91 Å². The zero-order valence-electron chi connectivity index (χ0n) is 22.9. The molecule has 1 fully saturated rings. The lowest BCUT2D eigenvalue weighted by molar-refractivity contribution is -0.125. The number of hydrogen-bond donors (Lipinski definition) is 2. The number of anilines is 1. The molecule has 0 bridgehead atoms. The molecule has 3 heterocycles. The van der Waals surface area contributed by atoms with Crippen LogP contribution in [0.1, 0.15) is 63.9 Å². The van der Waals surface area contributed by atoms with Crippen LogP contribution in [-0.4, -0.2) is 57.8 Å². The van der Waals surface area contributed by atoms with Crippen LogP contribution in [0, 0.1) is 0 Å². The number of nitrogens with zero attached hydrogens (tertiary/aromatic N) is 3. The number of ether oxygens (including phenoxy) is 2. The highest BCUT2D eigenvalue weighted by atomic mass is 32.2. The Labute approximate surface area is 243 Å². The summed E-state index contributed by atoms with van der Waals surface area (Å²) < 4.78 is 10.8. The average molecular weight is 576 g/mol. The van der Waals surface area contributed by atoms with Gasteiger partial charge in [-0.2, -0.15) is 0 Å². The smallest absolute Gasteiger partial charge is 0.259 e. The molecule has 2 aromatic rings. The first-order chi connectivity index (χ1) is 20.0. The molecule has 6 rings (SSSR count). The Morgan fingerprint density at radius 2 is 1.90 bits per heavy atom. The van der Waals surface area contributed by atoms with Gasteiger partial charge >= 0.3 is 0 Å². The molecule has 0 radical (unpaired) electrons. The van der Waals surface area contributed by atoms with Crippen molar-refractivity contribution in [1.82, 2.24) is 10.2 Å². The predicted octanol–water partition coefficient (Wildman–Crippen LogP) is 4.75. The second kappa shape index (κ2) is 11.9. The average Bonchev–Trinajstić information content (AvgIpc) is 3.59. The third kappa shape index (κ3) is 5.81. The van der Waals surface area contributed by atoms with Crippen molar-refractivity contribution in [3.63, 3.8) is 0 Å². The van der Waals surface area contributed by atoms with Crippen LogP contribution in [0.5, 0.6) is 11.5 Å². The van der Waals surface area contributed by atoms with E-state index < -0.39 is 11.3 Å². The summed E-state index contributed by atoms with van der Waals surface area (Å²) in [5.41, 5.74) is 2.05. The van der Waals surface area contributed by atoms with Crippen molar-refractivity contribution in [3.8, 4) is 11.5 Å². The van der Waals surface area contributed by atoms with Crippen LogP contribution in [0.2, 0.25) is 0 Å². The van der Waals surface area contributed by atoms with E-state index in [0.717, 1.165) is 31.2 Å². The van der Waals surface area contributed by atoms with Crippen molar-refractivity contribution in [1.29, 1.82) is 0 Å². The molecule has 0 saturated heterocycles. The highest BCUT2D eigenvalue weighted by molar-refractivity contribution is 8.15. The Hall–Kier alpha value is -3.86. The molecule has 2 aromatic carbocycles. The van der Waals surface area contributed by atoms with Gasteiger partial charge in [-0.25, -0.2) is 9.89 Å². The van der Waals surface area contributed by atoms with Gasteiger partial charge in [-0.15, -0.1) is 0 Å². The molecule has 3 aliphatic heterocycles. The molecule has 214 valence electrons. The summed E-state index contributed by atoms with van der Waals surface area (Å²) in [7, 11) is 0. The summed E-state index contributed by atoms with van der Waals surface area (Å²) in [5, 5.41) is 5.97. The van der Waals surface area contributed by atoms with Gasteiger partial charge in [-0.05, 0) is 49.9 Å². The Morgan fingerprint density at radius 1 is 1.10 bits per heavy atom. The number of hydrogen-bond acceptors (Lipinski definition) is 8. The Bertz CT molecular complexity index is 1420. The van der Waals surface area contributed by atoms with E-state index in [9.17, 15) is 14.4 Å². The van der Waals surface area contributed by atoms with Crippen LogP contribution < -0.4 is 20.1 Å². The minimum Gasteiger partial charge on any atom is -0.454 e. The molecule has 2 atom stereocenters. The molecule has 11 heteroatoms. The molecule has 41 heavy (non-hydrogen) atoms. The molecule has 1 saturated carbocycles. The molecular weight excluding hydrogens is 542 g/mol. The Balaban J connectivity index is 1.16. The second-order valence-electron chi connectivity index (χ2n) is 10.6. The topological polar surface area (TPSA) is 122 Å². The van der Waals surface area contributed by atoms with Gasteiger partial charge in [-0.1, -0.05) is 50.1 Å². The molecule has 4 aliphatic rings. The molecular formula is C30H33N5O5S. The summed E-state index contributed by atoms with van der Waals surface area (Å²) >= 11 is 1.24. The third-order valence-corrected chi connectivity index (χ3v) is 9.03. The van der Waals surface area contributed by atoms with Gasteiger partial charge in [0.05, 0.1) is 10.9 Å². The van der Waals surface area contributed by atoms with Crippen LogP contribution in [0.3, 0.4) is 0 Å². The lowest BCUT2D eigenvalue weighted by atomic mass is 9.95. The molecule has 0 spiro atoms. The van der Waals surface area contributed by atoms with E-state index in [4.69, 9.17) is 19.5 Å². The van der Waals surface area contributed by atoms with Crippen molar-refractivity contribution in [3.05, 3.63) is 48.0 Å². The van der Waals surface area contributed by atoms with Crippen molar-refractivity contribution < 1.29 is 23.9 Å². The Kier molecular flexibility index (Phi) is 7.95. The Morgan fingerprint density at radius 3 is 2.73 bits per heavy atom. The van der Waals surface area contributed by atoms with Crippen LogP contribution in [0.4, 0.5) is 11.4 Å². The van der Waals surface area contributed by atoms with Crippen LogP contribution in [0.15, 0.2) is 52.4 Å². The molecule has 3 amide bonds. The van der Waals surface area contributed by atoms with Gasteiger partial charge in [-0.3, -0.25) is 19.4 Å². The van der Waals surface area contributed by atoms with Gasteiger partial charge < -0.3 is 20.1 Å². The van der Waals surface area contributed by atoms with Crippen molar-refractivity contribution >= 4 is 51.9 Å². The predicted molar refractivity (Wildman–Crippen MR) is 158 cm³/mol. The van der Waals surface area contributed by atoms with E-state index in [1.54, 1.807) is 18.2 Å². The number of para-hydroxylation sites is 1. The van der Waals surface area contributed by atoms with E-state index in [1.165, 1.54) is 23.1 Å². The van der Waals surface area contributed by atoms with Crippen LogP contribution >= 0.6 is 11.8 Å². The molecule has 1 aliphatic carbocycles. The zero-order valence-corrected chi connectivity index (χ0v) is 23.7. The number of amides is 3. The van der Waals surface area contributed by atoms with Crippen LogP contribution in [0.25, 0.3) is 0 Å². The highest BCUT2D eigenvalue weighted by Crippen LogP contribution is 2.37. The first kappa shape index (κ1) is 27.3. The standard InChI is InChI=1S/C30H33N5O5S/c1-2-25(28(37)32-19-12-14-23-24(16-19)40-17-39-23)41-30-34-21-11-7-6-10-20(21)27-33-22(29(38)35(27)30)13-15-26(36)31-18-8-4-3-5-9-18/h6-7,10-12,14,16,18,22,25H,2-5,8-9,13,15,17H2,1H3,(H,31,36)(H,32,37)/t22-,25+/m1/s1. The third-order valence-electron chi connectivity index (χ3n) is 7.71. The summed E-state index contributed by atoms with van der Waals surface area (Å²) in [4.78, 5) is 50.7. The lowest BCUT2D eigenvalue weighted by Crippen LogP contribution is -2.43. The van der Waals surface area contributed by atoms with Crippen molar-refractivity contribution in [2.75, 3.05) is 12.1 Å². The minimum absolute atomic E-state index is 0.0373. The van der Waals surface area contributed by atoms with Gasteiger partial charge in [0.1, 0.15) is 11.9 Å². The fourth-order valence-electron chi connectivity index (χ4n) is 5.53. The van der Waals surface area contributed by atoms with E-state index in [1.807, 2.05) is 31.2 Å². The monoisotopic (exact) mass is 575 g/mol. The van der Waals surface area contributed by atoms with E-state index in [2.05, 4.69) is 10.6 Å². The van der Waals surface area contributed by atoms with E-state index in [0.29, 0.717) is 46.7 Å². The number of nitrogens with one attached hydrogen (secondary N) is 2. The van der Waals surface area contributed by atoms with Crippen molar-refractivity contribution in [2.24, 2.45) is 9.98 Å². The first-order valence-corrected chi connectivity index (χ1v) is 15.1. The number of carbonyl (C=O) groups excluding carboxylic acids is 3. The maximum Gasteiger partial charge on any atom is 0.259 e. The minimum atomic E-state index is -0.679. The normalized spacial score (nSPS) is 20.1. The fourth-order valence-corrected chi connectivity index (χ4v) is 6.55.